The summed E-state index contributed by atoms with van der Waals surface area (Å²) in [6.45, 7) is 2.87. The molecule has 1 N–H and O–H groups in total. The predicted octanol–water partition coefficient (Wildman–Crippen LogP) is 3.77. The maximum Gasteiger partial charge on any atom is 0.249 e. The summed E-state index contributed by atoms with van der Waals surface area (Å²) in [5, 5.41) is 4.36. The molecule has 3 heterocycles. The van der Waals surface area contributed by atoms with Crippen molar-refractivity contribution in [3.63, 3.8) is 0 Å². The van der Waals surface area contributed by atoms with Crippen molar-refractivity contribution in [2.24, 2.45) is 0 Å². The van der Waals surface area contributed by atoms with Gasteiger partial charge in [-0.15, -0.1) is 0 Å². The Labute approximate surface area is 220 Å². The molecule has 5 rings (SSSR count). The van der Waals surface area contributed by atoms with Crippen molar-refractivity contribution in [3.8, 4) is 11.8 Å². The van der Waals surface area contributed by atoms with Crippen molar-refractivity contribution in [3.05, 3.63) is 78.0 Å². The van der Waals surface area contributed by atoms with Crippen LogP contribution < -0.4 is 5.32 Å². The fourth-order valence-electron chi connectivity index (χ4n) is 4.56. The van der Waals surface area contributed by atoms with Gasteiger partial charge in [-0.1, -0.05) is 42.2 Å². The summed E-state index contributed by atoms with van der Waals surface area (Å²) in [5.74, 6) is 5.67. The minimum Gasteiger partial charge on any atom is -0.377 e. The SMILES string of the molecule is O=C1CCC(n2c3ccc(C#CCOCCOCCOCc4ccccc4)cc3c3cccnc32)C(=O)N1. The fourth-order valence-corrected chi connectivity index (χ4v) is 4.56. The molecule has 2 aromatic carbocycles. The maximum atomic E-state index is 12.6. The molecule has 2 amide bonds. The Morgan fingerprint density at radius 1 is 0.921 bits per heavy atom. The van der Waals surface area contributed by atoms with Gasteiger partial charge in [-0.25, -0.2) is 4.98 Å². The van der Waals surface area contributed by atoms with Gasteiger partial charge >= 0.3 is 0 Å². The summed E-state index contributed by atoms with van der Waals surface area (Å²) in [5.41, 5.74) is 3.60. The first kappa shape index (κ1) is 25.6. The lowest BCUT2D eigenvalue weighted by Crippen LogP contribution is -2.41. The van der Waals surface area contributed by atoms with Gasteiger partial charge < -0.3 is 18.8 Å². The Morgan fingerprint density at radius 3 is 2.58 bits per heavy atom. The number of rotatable bonds is 10. The third kappa shape index (κ3) is 6.09. The second-order valence-electron chi connectivity index (χ2n) is 8.95. The minimum absolute atomic E-state index is 0.237. The molecule has 194 valence electrons. The molecule has 0 bridgehead atoms. The predicted molar refractivity (Wildman–Crippen MR) is 143 cm³/mol. The van der Waals surface area contributed by atoms with E-state index in [9.17, 15) is 9.59 Å². The molecular weight excluding hydrogens is 482 g/mol. The molecule has 1 fully saturated rings. The first-order valence-corrected chi connectivity index (χ1v) is 12.7. The van der Waals surface area contributed by atoms with Gasteiger partial charge in [0.15, 0.2) is 0 Å². The van der Waals surface area contributed by atoms with E-state index >= 15 is 0 Å². The number of piperidine rings is 1. The second-order valence-corrected chi connectivity index (χ2v) is 8.95. The summed E-state index contributed by atoms with van der Waals surface area (Å²) < 4.78 is 18.6. The third-order valence-corrected chi connectivity index (χ3v) is 6.35. The highest BCUT2D eigenvalue weighted by Crippen LogP contribution is 2.33. The summed E-state index contributed by atoms with van der Waals surface area (Å²) in [6, 6.07) is 19.3. The van der Waals surface area contributed by atoms with Gasteiger partial charge in [-0.2, -0.15) is 0 Å². The Morgan fingerprint density at radius 2 is 1.74 bits per heavy atom. The van der Waals surface area contributed by atoms with Crippen molar-refractivity contribution in [1.82, 2.24) is 14.9 Å². The van der Waals surface area contributed by atoms with Crippen LogP contribution in [0.25, 0.3) is 21.9 Å². The summed E-state index contributed by atoms with van der Waals surface area (Å²) >= 11 is 0. The Kier molecular flexibility index (Phi) is 8.41. The van der Waals surface area contributed by atoms with E-state index < -0.39 is 6.04 Å². The Balaban J connectivity index is 1.13. The van der Waals surface area contributed by atoms with Crippen LogP contribution in [0.1, 0.15) is 30.0 Å². The van der Waals surface area contributed by atoms with Crippen molar-refractivity contribution >= 4 is 33.8 Å². The molecule has 8 nitrogen and oxygen atoms in total. The fraction of sp³-hybridized carbons (Fsp3) is 0.300. The first-order chi connectivity index (χ1) is 18.7. The normalized spacial score (nSPS) is 15.4. The minimum atomic E-state index is -0.481. The van der Waals surface area contributed by atoms with Crippen molar-refractivity contribution in [1.29, 1.82) is 0 Å². The number of imide groups is 1. The quantitative estimate of drug-likeness (QED) is 0.198. The van der Waals surface area contributed by atoms with Crippen LogP contribution in [0.3, 0.4) is 0 Å². The molecule has 38 heavy (non-hydrogen) atoms. The zero-order valence-corrected chi connectivity index (χ0v) is 21.0. The highest BCUT2D eigenvalue weighted by molar-refractivity contribution is 6.09. The molecule has 1 aliphatic heterocycles. The van der Waals surface area contributed by atoms with Crippen molar-refractivity contribution in [2.75, 3.05) is 33.0 Å². The highest BCUT2D eigenvalue weighted by Gasteiger charge is 2.30. The van der Waals surface area contributed by atoms with Gasteiger partial charge in [0.1, 0.15) is 18.3 Å². The molecule has 1 unspecified atom stereocenters. The highest BCUT2D eigenvalue weighted by atomic mass is 16.5. The van der Waals surface area contributed by atoms with Gasteiger partial charge in [0, 0.05) is 29.0 Å². The topological polar surface area (TPSA) is 91.7 Å². The van der Waals surface area contributed by atoms with Crippen LogP contribution >= 0.6 is 0 Å². The van der Waals surface area contributed by atoms with Crippen LogP contribution in [-0.4, -0.2) is 54.4 Å². The van der Waals surface area contributed by atoms with Crippen molar-refractivity contribution in [2.45, 2.75) is 25.5 Å². The number of nitrogens with one attached hydrogen (secondary N) is 1. The number of carbonyl (C=O) groups is 2. The van der Waals surface area contributed by atoms with Gasteiger partial charge in [-0.3, -0.25) is 14.9 Å². The molecular formula is C30H29N3O5. The zero-order valence-electron chi connectivity index (χ0n) is 21.0. The molecule has 0 aliphatic carbocycles. The number of hydrogen-bond donors (Lipinski definition) is 1. The number of carbonyl (C=O) groups excluding carboxylic acids is 2. The zero-order chi connectivity index (χ0) is 26.2. The van der Waals surface area contributed by atoms with E-state index in [4.69, 9.17) is 14.2 Å². The molecule has 2 aromatic heterocycles. The Hall–Kier alpha value is -4.03. The van der Waals surface area contributed by atoms with E-state index in [2.05, 4.69) is 22.1 Å². The molecule has 0 spiro atoms. The van der Waals surface area contributed by atoms with Gasteiger partial charge in [-0.05, 0) is 42.3 Å². The first-order valence-electron chi connectivity index (χ1n) is 12.7. The largest absolute Gasteiger partial charge is 0.377 e. The number of pyridine rings is 1. The van der Waals surface area contributed by atoms with E-state index in [0.717, 1.165) is 33.1 Å². The summed E-state index contributed by atoms with van der Waals surface area (Å²) in [4.78, 5) is 28.8. The van der Waals surface area contributed by atoms with Gasteiger partial charge in [0.05, 0.1) is 38.6 Å². The van der Waals surface area contributed by atoms with Crippen LogP contribution in [0.5, 0.6) is 0 Å². The lowest BCUT2D eigenvalue weighted by Gasteiger charge is -2.23. The smallest absolute Gasteiger partial charge is 0.249 e. The van der Waals surface area contributed by atoms with E-state index in [0.29, 0.717) is 52.5 Å². The second kappa shape index (κ2) is 12.5. The lowest BCUT2D eigenvalue weighted by atomic mass is 10.1. The van der Waals surface area contributed by atoms with Crippen LogP contribution in [0.2, 0.25) is 0 Å². The monoisotopic (exact) mass is 511 g/mol. The number of benzene rings is 2. The average Bonchev–Trinajstić information content (AvgIpc) is 3.26. The van der Waals surface area contributed by atoms with Crippen LogP contribution in [0, 0.1) is 11.8 Å². The maximum absolute atomic E-state index is 12.6. The molecule has 4 aromatic rings. The number of aromatic nitrogens is 2. The molecule has 1 aliphatic rings. The lowest BCUT2D eigenvalue weighted by molar-refractivity contribution is -0.135. The van der Waals surface area contributed by atoms with Crippen LogP contribution in [0.4, 0.5) is 0 Å². The van der Waals surface area contributed by atoms with Crippen molar-refractivity contribution < 1.29 is 23.8 Å². The third-order valence-electron chi connectivity index (χ3n) is 6.35. The number of fused-ring (bicyclic) bond motifs is 3. The van der Waals surface area contributed by atoms with Gasteiger partial charge in [0.25, 0.3) is 0 Å². The van der Waals surface area contributed by atoms with E-state index in [1.165, 1.54) is 0 Å². The molecule has 8 heteroatoms. The number of nitrogens with zero attached hydrogens (tertiary/aromatic N) is 2. The summed E-state index contributed by atoms with van der Waals surface area (Å²) in [7, 11) is 0. The molecule has 0 radical (unpaired) electrons. The van der Waals surface area contributed by atoms with E-state index in [1.807, 2.05) is 65.2 Å². The number of hydrogen-bond acceptors (Lipinski definition) is 6. The summed E-state index contributed by atoms with van der Waals surface area (Å²) in [6.07, 6.45) is 2.47. The molecule has 0 saturated carbocycles. The van der Waals surface area contributed by atoms with E-state index in [-0.39, 0.29) is 11.8 Å². The standard InChI is InChI=1S/C30H29N3O5/c34-28-13-12-27(30(35)32-28)33-26-11-10-22(20-25(26)24-9-4-14-31-29(24)33)8-5-15-36-16-17-37-18-19-38-21-23-6-2-1-3-7-23/h1-4,6-7,9-11,14,20,27H,12-13,15-19,21H2,(H,32,34,35). The van der Waals surface area contributed by atoms with Crippen LogP contribution in [-0.2, 0) is 30.4 Å². The molecule has 1 saturated heterocycles. The van der Waals surface area contributed by atoms with Crippen LogP contribution in [0.15, 0.2) is 66.9 Å². The van der Waals surface area contributed by atoms with Gasteiger partial charge in [0.2, 0.25) is 11.8 Å². The number of amides is 2. The Bertz CT molecular complexity index is 1490. The molecule has 1 atom stereocenters. The average molecular weight is 512 g/mol. The number of ether oxygens (including phenoxy) is 3. The van der Waals surface area contributed by atoms with E-state index in [1.54, 1.807) is 6.20 Å².